The Labute approximate surface area is 125 Å². The maximum absolute atomic E-state index is 11.2. The Balaban J connectivity index is 3.01. The lowest BCUT2D eigenvalue weighted by Gasteiger charge is -2.41. The Kier molecular flexibility index (Phi) is 5.94. The van der Waals surface area contributed by atoms with Crippen molar-refractivity contribution in [2.75, 3.05) is 0 Å². The van der Waals surface area contributed by atoms with Crippen molar-refractivity contribution in [3.8, 4) is 0 Å². The van der Waals surface area contributed by atoms with Crippen molar-refractivity contribution in [1.29, 1.82) is 0 Å². The number of carbonyl (C=O) groups is 3. The average Bonchev–Trinajstić information content (AvgIpc) is 2.27. The third-order valence-corrected chi connectivity index (χ3v) is 3.36. The van der Waals surface area contributed by atoms with Gasteiger partial charge in [-0.05, 0) is 6.92 Å². The second kappa shape index (κ2) is 7.03. The molecule has 5 atom stereocenters. The van der Waals surface area contributed by atoms with Crippen molar-refractivity contribution in [2.45, 2.75) is 57.1 Å². The average molecular weight is 353 g/mol. The first kappa shape index (κ1) is 16.9. The van der Waals surface area contributed by atoms with Crippen molar-refractivity contribution >= 4 is 33.8 Å². The van der Waals surface area contributed by atoms with Gasteiger partial charge in [0, 0.05) is 20.8 Å². The summed E-state index contributed by atoms with van der Waals surface area (Å²) in [6.45, 7) is 5.35. The van der Waals surface area contributed by atoms with E-state index in [1.807, 2.05) is 0 Å². The molecular formula is C12H17BrO7. The topological polar surface area (TPSA) is 88.1 Å². The van der Waals surface area contributed by atoms with Gasteiger partial charge in [-0.25, -0.2) is 0 Å². The first-order valence-electron chi connectivity index (χ1n) is 6.03. The molecule has 8 heteroatoms. The molecule has 114 valence electrons. The van der Waals surface area contributed by atoms with Crippen molar-refractivity contribution in [1.82, 2.24) is 0 Å². The molecule has 0 N–H and O–H groups in total. The van der Waals surface area contributed by atoms with E-state index in [-0.39, 0.29) is 0 Å². The third-order valence-electron chi connectivity index (χ3n) is 2.62. The Hall–Kier alpha value is -1.15. The number of hydrogen-bond donors (Lipinski definition) is 0. The molecule has 0 saturated carbocycles. The van der Waals surface area contributed by atoms with Crippen molar-refractivity contribution in [3.05, 3.63) is 0 Å². The zero-order valence-corrected chi connectivity index (χ0v) is 13.2. The molecule has 1 aliphatic rings. The van der Waals surface area contributed by atoms with Gasteiger partial charge < -0.3 is 18.9 Å². The fourth-order valence-corrected chi connectivity index (χ4v) is 2.70. The van der Waals surface area contributed by atoms with Crippen LogP contribution in [0.5, 0.6) is 0 Å². The van der Waals surface area contributed by atoms with E-state index in [0.29, 0.717) is 0 Å². The minimum absolute atomic E-state index is 0.528. The van der Waals surface area contributed by atoms with Crippen LogP contribution in [0.1, 0.15) is 27.7 Å². The molecule has 0 aromatic carbocycles. The molecule has 0 bridgehead atoms. The van der Waals surface area contributed by atoms with Crippen molar-refractivity contribution in [3.63, 3.8) is 0 Å². The van der Waals surface area contributed by atoms with Gasteiger partial charge in [0.2, 0.25) is 0 Å². The number of halogens is 1. The van der Waals surface area contributed by atoms with Crippen LogP contribution in [0.25, 0.3) is 0 Å². The van der Waals surface area contributed by atoms with Gasteiger partial charge >= 0.3 is 17.9 Å². The fourth-order valence-electron chi connectivity index (χ4n) is 1.96. The van der Waals surface area contributed by atoms with Gasteiger partial charge in [0.1, 0.15) is 0 Å². The van der Waals surface area contributed by atoms with E-state index in [4.69, 9.17) is 18.9 Å². The summed E-state index contributed by atoms with van der Waals surface area (Å²) < 4.78 is 20.9. The number of hydrogen-bond acceptors (Lipinski definition) is 7. The SMILES string of the molecule is CC(=O)O[C@@H]1[C@H](OC(C)=O)[C@@H](OC(C)=O)C(Br)O[C@@H]1C. The van der Waals surface area contributed by atoms with Gasteiger partial charge in [-0.1, -0.05) is 15.9 Å². The van der Waals surface area contributed by atoms with E-state index in [0.717, 1.165) is 0 Å². The monoisotopic (exact) mass is 352 g/mol. The highest BCUT2D eigenvalue weighted by Gasteiger charge is 2.49. The number of ether oxygens (including phenoxy) is 4. The quantitative estimate of drug-likeness (QED) is 0.424. The van der Waals surface area contributed by atoms with E-state index in [2.05, 4.69) is 15.9 Å². The lowest BCUT2D eigenvalue weighted by molar-refractivity contribution is -0.227. The molecule has 1 aliphatic heterocycles. The number of esters is 3. The fraction of sp³-hybridized carbons (Fsp3) is 0.750. The Bertz CT molecular complexity index is 369. The van der Waals surface area contributed by atoms with Crippen LogP contribution in [0.4, 0.5) is 0 Å². The van der Waals surface area contributed by atoms with Gasteiger partial charge in [-0.3, -0.25) is 14.4 Å². The molecule has 1 heterocycles. The van der Waals surface area contributed by atoms with Crippen LogP contribution in [-0.2, 0) is 33.3 Å². The lowest BCUT2D eigenvalue weighted by atomic mass is 10.00. The molecule has 1 rings (SSSR count). The maximum atomic E-state index is 11.2. The van der Waals surface area contributed by atoms with Crippen LogP contribution in [0.15, 0.2) is 0 Å². The molecule has 1 saturated heterocycles. The number of carbonyl (C=O) groups excluding carboxylic acids is 3. The number of alkyl halides is 1. The summed E-state index contributed by atoms with van der Waals surface area (Å²) in [5, 5.41) is -0.669. The molecule has 0 amide bonds. The number of rotatable bonds is 3. The summed E-state index contributed by atoms with van der Waals surface area (Å²) in [4.78, 5) is 33.5. The summed E-state index contributed by atoms with van der Waals surface area (Å²) in [6, 6.07) is 0. The Morgan fingerprint density at radius 1 is 0.850 bits per heavy atom. The Morgan fingerprint density at radius 3 is 1.70 bits per heavy atom. The second-order valence-electron chi connectivity index (χ2n) is 4.41. The summed E-state index contributed by atoms with van der Waals surface area (Å²) in [5.74, 6) is -1.67. The molecule has 20 heavy (non-hydrogen) atoms. The van der Waals surface area contributed by atoms with E-state index in [1.165, 1.54) is 20.8 Å². The Morgan fingerprint density at radius 2 is 1.25 bits per heavy atom. The second-order valence-corrected chi connectivity index (χ2v) is 5.32. The van der Waals surface area contributed by atoms with Crippen LogP contribution >= 0.6 is 15.9 Å². The highest BCUT2D eigenvalue weighted by Crippen LogP contribution is 2.31. The van der Waals surface area contributed by atoms with Gasteiger partial charge in [-0.2, -0.15) is 0 Å². The molecule has 7 nitrogen and oxygen atoms in total. The standard InChI is InChI=1S/C12H17BrO7/c1-5-9(18-6(2)14)10(19-7(3)15)11(12(13)17-5)20-8(4)16/h5,9-12H,1-4H3/t5-,9+,10+,11-,12?/m1/s1. The first-order valence-corrected chi connectivity index (χ1v) is 6.95. The van der Waals surface area contributed by atoms with Crippen LogP contribution in [-0.4, -0.2) is 47.3 Å². The van der Waals surface area contributed by atoms with Crippen LogP contribution < -0.4 is 0 Å². The normalized spacial score (nSPS) is 33.1. The smallest absolute Gasteiger partial charge is 0.303 e. The molecule has 1 unspecified atom stereocenters. The molecule has 1 fully saturated rings. The zero-order chi connectivity index (χ0) is 15.4. The summed E-state index contributed by atoms with van der Waals surface area (Å²) >= 11 is 3.22. The zero-order valence-electron chi connectivity index (χ0n) is 11.6. The van der Waals surface area contributed by atoms with Gasteiger partial charge in [0.15, 0.2) is 23.3 Å². The van der Waals surface area contributed by atoms with Crippen LogP contribution in [0.3, 0.4) is 0 Å². The molecule has 0 aliphatic carbocycles. The van der Waals surface area contributed by atoms with Gasteiger partial charge in [0.05, 0.1) is 6.10 Å². The first-order chi connectivity index (χ1) is 9.22. The largest absolute Gasteiger partial charge is 0.456 e. The summed E-state index contributed by atoms with van der Waals surface area (Å²) in [5.41, 5.74) is 0. The van der Waals surface area contributed by atoms with Crippen molar-refractivity contribution in [2.24, 2.45) is 0 Å². The van der Waals surface area contributed by atoms with Gasteiger partial charge in [0.25, 0.3) is 0 Å². The summed E-state index contributed by atoms with van der Waals surface area (Å²) in [6.07, 6.45) is -3.22. The molecular weight excluding hydrogens is 336 g/mol. The molecule has 0 radical (unpaired) electrons. The van der Waals surface area contributed by atoms with E-state index >= 15 is 0 Å². The molecule has 0 aromatic heterocycles. The van der Waals surface area contributed by atoms with E-state index in [1.54, 1.807) is 6.92 Å². The predicted octanol–water partition coefficient (Wildman–Crippen LogP) is 0.921. The van der Waals surface area contributed by atoms with Crippen molar-refractivity contribution < 1.29 is 33.3 Å². The van der Waals surface area contributed by atoms with Crippen LogP contribution in [0, 0.1) is 0 Å². The third kappa shape index (κ3) is 4.45. The maximum Gasteiger partial charge on any atom is 0.303 e. The lowest BCUT2D eigenvalue weighted by Crippen LogP contribution is -2.59. The highest BCUT2D eigenvalue weighted by atomic mass is 79.9. The van der Waals surface area contributed by atoms with Gasteiger partial charge in [-0.15, -0.1) is 0 Å². The minimum atomic E-state index is -0.937. The molecule has 0 aromatic rings. The minimum Gasteiger partial charge on any atom is -0.456 e. The highest BCUT2D eigenvalue weighted by molar-refractivity contribution is 9.09. The predicted molar refractivity (Wildman–Crippen MR) is 69.9 cm³/mol. The summed E-state index contributed by atoms with van der Waals surface area (Å²) in [7, 11) is 0. The molecule has 0 spiro atoms. The van der Waals surface area contributed by atoms with E-state index in [9.17, 15) is 14.4 Å². The van der Waals surface area contributed by atoms with Crippen LogP contribution in [0.2, 0.25) is 0 Å². The van der Waals surface area contributed by atoms with E-state index < -0.39 is 47.3 Å².